The lowest BCUT2D eigenvalue weighted by Gasteiger charge is -2.38. The molecule has 17 heavy (non-hydrogen) atoms. The predicted octanol–water partition coefficient (Wildman–Crippen LogP) is 2.68. The lowest BCUT2D eigenvalue weighted by Crippen LogP contribution is -2.45. The summed E-state index contributed by atoms with van der Waals surface area (Å²) in [4.78, 5) is 4.49. The van der Waals surface area contributed by atoms with Crippen LogP contribution >= 0.6 is 0 Å². The van der Waals surface area contributed by atoms with Gasteiger partial charge in [-0.05, 0) is 17.3 Å². The van der Waals surface area contributed by atoms with E-state index in [2.05, 4.69) is 55.3 Å². The average molecular weight is 242 g/mol. The van der Waals surface area contributed by atoms with E-state index in [0.29, 0.717) is 5.04 Å². The summed E-state index contributed by atoms with van der Waals surface area (Å²) in [5.74, 6) is 0. The minimum absolute atomic E-state index is 0.294. The molecule has 0 amide bonds. The highest BCUT2D eigenvalue weighted by Crippen LogP contribution is 2.38. The van der Waals surface area contributed by atoms with E-state index in [4.69, 9.17) is 7.85 Å². The number of nitrogens with zero attached hydrogens (tertiary/aromatic N) is 2. The molecule has 0 N–H and O–H groups in total. The predicted molar refractivity (Wildman–Crippen MR) is 77.7 cm³/mol. The zero-order chi connectivity index (χ0) is 12.8. The number of hydrogen-bond donors (Lipinski definition) is 0. The van der Waals surface area contributed by atoms with Crippen molar-refractivity contribution in [1.82, 2.24) is 9.22 Å². The number of fused-ring (bicyclic) bond motifs is 1. The van der Waals surface area contributed by atoms with Crippen LogP contribution in [0.3, 0.4) is 0 Å². The smallest absolute Gasteiger partial charge is 0.163 e. The highest BCUT2D eigenvalue weighted by Gasteiger charge is 2.38. The molecular formula is C13H19BN2Si. The Morgan fingerprint density at radius 1 is 1.29 bits per heavy atom. The molecular weight excluding hydrogens is 223 g/mol. The van der Waals surface area contributed by atoms with Crippen molar-refractivity contribution >= 4 is 32.6 Å². The van der Waals surface area contributed by atoms with Crippen molar-refractivity contribution in [2.24, 2.45) is 0 Å². The van der Waals surface area contributed by atoms with Gasteiger partial charge in [0.05, 0.1) is 0 Å². The SMILES string of the molecule is [B]c1cnc2c(ccn2[Si](C)(C)C(C)(C)C)c1. The van der Waals surface area contributed by atoms with Crippen molar-refractivity contribution in [2.75, 3.05) is 0 Å². The van der Waals surface area contributed by atoms with Crippen molar-refractivity contribution in [3.05, 3.63) is 24.5 Å². The third-order valence-corrected chi connectivity index (χ3v) is 9.22. The first-order valence-electron chi connectivity index (χ1n) is 5.96. The highest BCUT2D eigenvalue weighted by atomic mass is 28.3. The van der Waals surface area contributed by atoms with E-state index >= 15 is 0 Å². The van der Waals surface area contributed by atoms with E-state index in [1.54, 1.807) is 6.20 Å². The summed E-state index contributed by atoms with van der Waals surface area (Å²) < 4.78 is 2.38. The summed E-state index contributed by atoms with van der Waals surface area (Å²) >= 11 is 0. The van der Waals surface area contributed by atoms with Crippen LogP contribution in [0.1, 0.15) is 20.8 Å². The van der Waals surface area contributed by atoms with E-state index in [0.717, 1.165) is 16.5 Å². The summed E-state index contributed by atoms with van der Waals surface area (Å²) in [5.41, 5.74) is 1.79. The molecule has 0 aliphatic carbocycles. The highest BCUT2D eigenvalue weighted by molar-refractivity contribution is 6.79. The van der Waals surface area contributed by atoms with E-state index < -0.39 is 8.24 Å². The van der Waals surface area contributed by atoms with Crippen LogP contribution in [0.2, 0.25) is 18.1 Å². The largest absolute Gasteiger partial charge is 0.359 e. The monoisotopic (exact) mass is 242 g/mol. The van der Waals surface area contributed by atoms with E-state index in [1.807, 2.05) is 6.07 Å². The van der Waals surface area contributed by atoms with Gasteiger partial charge in [0, 0.05) is 11.6 Å². The minimum atomic E-state index is -1.60. The topological polar surface area (TPSA) is 17.8 Å². The van der Waals surface area contributed by atoms with Crippen LogP contribution < -0.4 is 5.46 Å². The quantitative estimate of drug-likeness (QED) is 0.703. The normalized spacial score (nSPS) is 13.2. The van der Waals surface area contributed by atoms with E-state index in [9.17, 15) is 0 Å². The number of aromatic nitrogens is 2. The van der Waals surface area contributed by atoms with Gasteiger partial charge in [-0.15, -0.1) is 0 Å². The van der Waals surface area contributed by atoms with Gasteiger partial charge in [0.25, 0.3) is 0 Å². The Morgan fingerprint density at radius 3 is 2.53 bits per heavy atom. The van der Waals surface area contributed by atoms with Crippen molar-refractivity contribution in [3.8, 4) is 0 Å². The van der Waals surface area contributed by atoms with Crippen LogP contribution in [0.5, 0.6) is 0 Å². The van der Waals surface area contributed by atoms with Crippen molar-refractivity contribution < 1.29 is 0 Å². The van der Waals surface area contributed by atoms with Gasteiger partial charge >= 0.3 is 0 Å². The number of hydrogen-bond acceptors (Lipinski definition) is 1. The Balaban J connectivity index is 2.65. The standard InChI is InChI=1S/C13H19BN2Si/c1-13(2,3)17(4,5)16-7-6-10-8-11(14)9-15-12(10)16/h6-9H,1-5H3. The maximum absolute atomic E-state index is 5.77. The molecule has 0 aliphatic rings. The first-order valence-corrected chi connectivity index (χ1v) is 8.91. The van der Waals surface area contributed by atoms with Crippen LogP contribution in [-0.2, 0) is 0 Å². The molecule has 4 heteroatoms. The molecule has 0 saturated heterocycles. The average Bonchev–Trinajstić information content (AvgIpc) is 2.58. The third kappa shape index (κ3) is 1.95. The fraction of sp³-hybridized carbons (Fsp3) is 0.462. The molecule has 2 rings (SSSR count). The molecule has 0 unspecified atom stereocenters. The zero-order valence-electron chi connectivity index (χ0n) is 11.3. The Labute approximate surface area is 106 Å². The number of rotatable bonds is 1. The maximum Gasteiger partial charge on any atom is 0.163 e. The fourth-order valence-electron chi connectivity index (χ4n) is 1.85. The van der Waals surface area contributed by atoms with E-state index in [1.165, 1.54) is 0 Å². The van der Waals surface area contributed by atoms with Gasteiger partial charge < -0.3 is 4.23 Å². The molecule has 0 fully saturated rings. The van der Waals surface area contributed by atoms with Crippen LogP contribution in [0.25, 0.3) is 11.0 Å². The van der Waals surface area contributed by atoms with Crippen molar-refractivity contribution in [1.29, 1.82) is 0 Å². The third-order valence-electron chi connectivity index (χ3n) is 3.99. The van der Waals surface area contributed by atoms with Gasteiger partial charge in [0.15, 0.2) is 8.24 Å². The summed E-state index contributed by atoms with van der Waals surface area (Å²) in [7, 11) is 4.17. The second-order valence-electron chi connectivity index (χ2n) is 6.18. The molecule has 0 aliphatic heterocycles. The lowest BCUT2D eigenvalue weighted by atomic mass is 9.98. The van der Waals surface area contributed by atoms with Gasteiger partial charge in [-0.3, -0.25) is 0 Å². The molecule has 2 aromatic rings. The molecule has 0 saturated carbocycles. The molecule has 2 aromatic heterocycles. The molecule has 88 valence electrons. The Bertz CT molecular complexity index is 552. The van der Waals surface area contributed by atoms with Crippen molar-refractivity contribution in [3.63, 3.8) is 0 Å². The second-order valence-corrected chi connectivity index (χ2v) is 11.3. The Hall–Kier alpha value is -1.03. The second kappa shape index (κ2) is 3.74. The van der Waals surface area contributed by atoms with Crippen LogP contribution in [-0.4, -0.2) is 25.3 Å². The number of pyridine rings is 1. The van der Waals surface area contributed by atoms with Crippen molar-refractivity contribution in [2.45, 2.75) is 38.9 Å². The van der Waals surface area contributed by atoms with Gasteiger partial charge in [-0.2, -0.15) is 0 Å². The van der Waals surface area contributed by atoms with Crippen LogP contribution in [0.15, 0.2) is 24.5 Å². The van der Waals surface area contributed by atoms with Gasteiger partial charge in [-0.1, -0.05) is 45.4 Å². The summed E-state index contributed by atoms with van der Waals surface area (Å²) in [6, 6.07) is 4.10. The summed E-state index contributed by atoms with van der Waals surface area (Å²) in [6.07, 6.45) is 3.90. The zero-order valence-corrected chi connectivity index (χ0v) is 12.3. The lowest BCUT2D eigenvalue weighted by molar-refractivity contribution is 0.702. The first kappa shape index (κ1) is 12.4. The van der Waals surface area contributed by atoms with Crippen LogP contribution in [0.4, 0.5) is 0 Å². The van der Waals surface area contributed by atoms with Gasteiger partial charge in [0.1, 0.15) is 13.5 Å². The molecule has 2 heterocycles. The Morgan fingerprint density at radius 2 is 1.94 bits per heavy atom. The molecule has 0 spiro atoms. The maximum atomic E-state index is 5.77. The van der Waals surface area contributed by atoms with E-state index in [-0.39, 0.29) is 0 Å². The summed E-state index contributed by atoms with van der Waals surface area (Å²) in [6.45, 7) is 11.7. The molecule has 0 aromatic carbocycles. The Kier molecular flexibility index (Phi) is 2.73. The van der Waals surface area contributed by atoms with Crippen LogP contribution in [0, 0.1) is 0 Å². The van der Waals surface area contributed by atoms with Gasteiger partial charge in [-0.25, -0.2) is 4.98 Å². The minimum Gasteiger partial charge on any atom is -0.359 e. The molecule has 0 atom stereocenters. The molecule has 0 bridgehead atoms. The summed E-state index contributed by atoms with van der Waals surface area (Å²) in [5, 5.41) is 1.43. The first-order chi connectivity index (χ1) is 7.73. The fourth-order valence-corrected chi connectivity index (χ4v) is 3.74. The molecule has 2 nitrogen and oxygen atoms in total. The van der Waals surface area contributed by atoms with Gasteiger partial charge in [0.2, 0.25) is 0 Å². The molecule has 2 radical (unpaired) electrons.